The Morgan fingerprint density at radius 2 is 1.08 bits per heavy atom. The van der Waals surface area contributed by atoms with Gasteiger partial charge >= 0.3 is 0 Å². The average Bonchev–Trinajstić information content (AvgIpc) is 2.02. The standard InChI is InChI=1S/C4H16B4N2S2/c5-3(6,1-9)11-12-4(7,8)2-10/h1-2,5-10H2. The predicted molar refractivity (Wildman–Crippen MR) is 72.9 cm³/mol. The molecule has 0 aliphatic carbocycles. The van der Waals surface area contributed by atoms with Gasteiger partial charge in [-0.15, -0.1) is 21.6 Å². The third-order valence-electron chi connectivity index (χ3n) is 1.48. The Morgan fingerprint density at radius 3 is 1.25 bits per heavy atom. The first-order valence-corrected chi connectivity index (χ1v) is 6.25. The molecule has 0 aromatic carbocycles. The molecule has 8 heteroatoms. The molecule has 0 bridgehead atoms. The van der Waals surface area contributed by atoms with Crippen molar-refractivity contribution in [1.82, 2.24) is 0 Å². The van der Waals surface area contributed by atoms with Gasteiger partial charge in [-0.1, -0.05) is 0 Å². The minimum absolute atomic E-state index is 0.150. The fourth-order valence-corrected chi connectivity index (χ4v) is 2.64. The van der Waals surface area contributed by atoms with E-state index in [0.717, 1.165) is 0 Å². The zero-order valence-electron chi connectivity index (χ0n) is 8.39. The van der Waals surface area contributed by atoms with Gasteiger partial charge in [0.15, 0.2) is 0 Å². The van der Waals surface area contributed by atoms with Crippen LogP contribution in [0.4, 0.5) is 0 Å². The van der Waals surface area contributed by atoms with Crippen LogP contribution in [-0.2, 0) is 0 Å². The van der Waals surface area contributed by atoms with E-state index in [0.29, 0.717) is 13.1 Å². The molecule has 0 radical (unpaired) electrons. The first kappa shape index (κ1) is 12.9. The van der Waals surface area contributed by atoms with E-state index in [1.165, 1.54) is 0 Å². The van der Waals surface area contributed by atoms with E-state index in [9.17, 15) is 0 Å². The zero-order valence-corrected chi connectivity index (χ0v) is 10.0. The van der Waals surface area contributed by atoms with Crippen LogP contribution in [0.5, 0.6) is 0 Å². The molecule has 0 aromatic heterocycles. The highest BCUT2D eigenvalue weighted by Gasteiger charge is 2.23. The highest BCUT2D eigenvalue weighted by atomic mass is 33.1. The molecular weight excluding hydrogens is 183 g/mol. The van der Waals surface area contributed by atoms with Gasteiger partial charge in [-0.3, -0.25) is 0 Å². The van der Waals surface area contributed by atoms with Gasteiger partial charge in [0.2, 0.25) is 0 Å². The molecule has 2 nitrogen and oxygen atoms in total. The van der Waals surface area contributed by atoms with Gasteiger partial charge in [-0.25, -0.2) is 0 Å². The Bertz CT molecular complexity index is 127. The minimum Gasteiger partial charge on any atom is -0.331 e. The normalized spacial score (nSPS) is 13.2. The summed E-state index contributed by atoms with van der Waals surface area (Å²) in [7, 11) is 12.2. The summed E-state index contributed by atoms with van der Waals surface area (Å²) in [6.07, 6.45) is 0. The monoisotopic (exact) mass is 200 g/mol. The lowest BCUT2D eigenvalue weighted by Crippen LogP contribution is -2.38. The number of rotatable bonds is 5. The maximum atomic E-state index is 5.61. The molecule has 0 spiro atoms. The number of hydrogen-bond acceptors (Lipinski definition) is 4. The third-order valence-corrected chi connectivity index (χ3v) is 5.75. The third kappa shape index (κ3) is 5.51. The summed E-state index contributed by atoms with van der Waals surface area (Å²) in [6.45, 7) is 1.40. The second-order valence-corrected chi connectivity index (χ2v) is 7.64. The molecule has 0 saturated carbocycles. The smallest absolute Gasteiger partial charge is 0.114 e. The van der Waals surface area contributed by atoms with Crippen molar-refractivity contribution in [1.29, 1.82) is 0 Å². The molecule has 0 fully saturated rings. The molecule has 0 saturated heterocycles. The Morgan fingerprint density at radius 1 is 0.833 bits per heavy atom. The quantitative estimate of drug-likeness (QED) is 0.352. The lowest BCUT2D eigenvalue weighted by atomic mass is 9.70. The first-order chi connectivity index (χ1) is 5.33. The van der Waals surface area contributed by atoms with Crippen LogP contribution < -0.4 is 11.5 Å². The maximum Gasteiger partial charge on any atom is 0.114 e. The number of nitrogens with two attached hydrogens (primary N) is 2. The van der Waals surface area contributed by atoms with Crippen molar-refractivity contribution >= 4 is 53.0 Å². The van der Waals surface area contributed by atoms with Gasteiger partial charge in [-0.2, -0.15) is 0 Å². The van der Waals surface area contributed by atoms with Crippen LogP contribution in [0.3, 0.4) is 0 Å². The van der Waals surface area contributed by atoms with E-state index >= 15 is 0 Å². The van der Waals surface area contributed by atoms with Crippen LogP contribution in [-0.4, -0.2) is 53.6 Å². The molecule has 12 heavy (non-hydrogen) atoms. The molecular formula is C4H16B4N2S2. The molecule has 66 valence electrons. The van der Waals surface area contributed by atoms with E-state index < -0.39 is 0 Å². The van der Waals surface area contributed by atoms with Crippen LogP contribution >= 0.6 is 21.6 Å². The van der Waals surface area contributed by atoms with Crippen LogP contribution in [0.1, 0.15) is 0 Å². The lowest BCUT2D eigenvalue weighted by Gasteiger charge is -2.28. The largest absolute Gasteiger partial charge is 0.331 e. The van der Waals surface area contributed by atoms with Crippen molar-refractivity contribution in [3.05, 3.63) is 0 Å². The van der Waals surface area contributed by atoms with Gasteiger partial charge in [0, 0.05) is 0 Å². The molecule has 0 aromatic rings. The summed E-state index contributed by atoms with van der Waals surface area (Å²) in [6, 6.07) is 0. The fraction of sp³-hybridized carbons (Fsp3) is 1.00. The Kier molecular flexibility index (Phi) is 5.30. The zero-order chi connectivity index (χ0) is 9.83. The second-order valence-electron chi connectivity index (χ2n) is 4.09. The van der Waals surface area contributed by atoms with E-state index in [4.69, 9.17) is 11.5 Å². The van der Waals surface area contributed by atoms with Crippen LogP contribution in [0.2, 0.25) is 0 Å². The minimum atomic E-state index is 0.150. The van der Waals surface area contributed by atoms with Crippen molar-refractivity contribution < 1.29 is 0 Å². The van der Waals surface area contributed by atoms with E-state index in [2.05, 4.69) is 31.4 Å². The molecule has 0 unspecified atom stereocenters. The van der Waals surface area contributed by atoms with E-state index in [1.807, 2.05) is 21.6 Å². The highest BCUT2D eigenvalue weighted by molar-refractivity contribution is 8.78. The van der Waals surface area contributed by atoms with Crippen LogP contribution in [0, 0.1) is 0 Å². The van der Waals surface area contributed by atoms with Crippen molar-refractivity contribution in [2.75, 3.05) is 13.1 Å². The van der Waals surface area contributed by atoms with Gasteiger partial charge in [0.1, 0.15) is 31.4 Å². The summed E-state index contributed by atoms with van der Waals surface area (Å²) < 4.78 is 0.300. The molecule has 4 N–H and O–H groups in total. The van der Waals surface area contributed by atoms with Gasteiger partial charge in [-0.05, 0) is 22.2 Å². The molecule has 0 amide bonds. The van der Waals surface area contributed by atoms with Crippen molar-refractivity contribution in [3.63, 3.8) is 0 Å². The fourth-order valence-electron chi connectivity index (χ4n) is 0.294. The van der Waals surface area contributed by atoms with Crippen LogP contribution in [0.15, 0.2) is 0 Å². The Hall–Kier alpha value is 0.880. The summed E-state index contributed by atoms with van der Waals surface area (Å²) >= 11 is 0. The van der Waals surface area contributed by atoms with E-state index in [1.54, 1.807) is 0 Å². The average molecular weight is 200 g/mol. The summed E-state index contributed by atoms with van der Waals surface area (Å²) in [4.78, 5) is 0. The van der Waals surface area contributed by atoms with Gasteiger partial charge in [0.05, 0.1) is 0 Å². The number of hydrogen-bond donors (Lipinski definition) is 2. The second kappa shape index (κ2) is 4.94. The van der Waals surface area contributed by atoms with Crippen molar-refractivity contribution in [3.8, 4) is 0 Å². The van der Waals surface area contributed by atoms with Crippen molar-refractivity contribution in [2.24, 2.45) is 11.5 Å². The van der Waals surface area contributed by atoms with E-state index in [-0.39, 0.29) is 9.09 Å². The SMILES string of the molecule is BC(B)(CN)SSC(B)(B)CN. The topological polar surface area (TPSA) is 52.0 Å². The highest BCUT2D eigenvalue weighted by Crippen LogP contribution is 2.37. The maximum absolute atomic E-state index is 5.61. The van der Waals surface area contributed by atoms with Crippen molar-refractivity contribution in [2.45, 2.75) is 9.09 Å². The molecule has 0 heterocycles. The molecule has 0 rings (SSSR count). The lowest BCUT2D eigenvalue weighted by molar-refractivity contribution is 1.03. The Labute approximate surface area is 86.8 Å². The summed E-state index contributed by atoms with van der Waals surface area (Å²) in [5, 5.41) is 0. The van der Waals surface area contributed by atoms with Gasteiger partial charge < -0.3 is 11.5 Å². The first-order valence-electron chi connectivity index (χ1n) is 4.10. The van der Waals surface area contributed by atoms with Gasteiger partial charge in [0.25, 0.3) is 0 Å². The van der Waals surface area contributed by atoms with Crippen LogP contribution in [0.25, 0.3) is 0 Å². The Balaban J connectivity index is 3.82. The molecule has 0 aliphatic heterocycles. The summed E-state index contributed by atoms with van der Waals surface area (Å²) in [5.41, 5.74) is 11.2. The molecule has 0 atom stereocenters. The predicted octanol–water partition coefficient (Wildman–Crippen LogP) is -3.87. The molecule has 0 aliphatic rings. The summed E-state index contributed by atoms with van der Waals surface area (Å²) in [5.74, 6) is 0.